The van der Waals surface area contributed by atoms with E-state index in [9.17, 15) is 9.59 Å². The van der Waals surface area contributed by atoms with Crippen molar-refractivity contribution >= 4 is 27.8 Å². The number of hydrogen-bond donors (Lipinski definition) is 3. The number of nitrogens with zero attached hydrogens (tertiary/aromatic N) is 2. The Labute approximate surface area is 191 Å². The van der Waals surface area contributed by atoms with Gasteiger partial charge in [-0.15, -0.1) is 0 Å². The van der Waals surface area contributed by atoms with E-state index in [-0.39, 0.29) is 11.6 Å². The molecular formula is C26H29N5O2. The van der Waals surface area contributed by atoms with Crippen LogP contribution in [0, 0.1) is 11.8 Å². The van der Waals surface area contributed by atoms with Gasteiger partial charge in [0.1, 0.15) is 5.69 Å². The van der Waals surface area contributed by atoms with Gasteiger partial charge in [0, 0.05) is 36.6 Å². The van der Waals surface area contributed by atoms with Crippen LogP contribution in [0.4, 0.5) is 0 Å². The minimum Gasteiger partial charge on any atom is -0.351 e. The largest absolute Gasteiger partial charge is 0.351 e. The summed E-state index contributed by atoms with van der Waals surface area (Å²) in [5.74, 6) is 1.29. The van der Waals surface area contributed by atoms with Gasteiger partial charge >= 0.3 is 5.69 Å². The maximum Gasteiger partial charge on any atom is 0.326 e. The van der Waals surface area contributed by atoms with Crippen molar-refractivity contribution in [2.45, 2.75) is 31.8 Å². The lowest BCUT2D eigenvalue weighted by Crippen LogP contribution is -2.42. The first-order valence-electron chi connectivity index (χ1n) is 11.8. The van der Waals surface area contributed by atoms with Crippen LogP contribution < -0.4 is 11.0 Å². The van der Waals surface area contributed by atoms with Crippen LogP contribution in [0.3, 0.4) is 0 Å². The third kappa shape index (κ3) is 3.76. The van der Waals surface area contributed by atoms with Gasteiger partial charge in [-0.2, -0.15) is 0 Å². The molecule has 4 aromatic rings. The van der Waals surface area contributed by atoms with Gasteiger partial charge in [0.05, 0.1) is 11.0 Å². The number of amides is 1. The van der Waals surface area contributed by atoms with Crippen LogP contribution in [0.5, 0.6) is 0 Å². The lowest BCUT2D eigenvalue weighted by molar-refractivity contribution is 0.0948. The molecule has 0 saturated heterocycles. The second kappa shape index (κ2) is 7.92. The number of nitrogens with one attached hydrogen (secondary N) is 3. The van der Waals surface area contributed by atoms with Crippen LogP contribution in [-0.2, 0) is 13.0 Å². The van der Waals surface area contributed by atoms with Gasteiger partial charge in [0.15, 0.2) is 0 Å². The third-order valence-corrected chi connectivity index (χ3v) is 7.52. The van der Waals surface area contributed by atoms with E-state index in [1.165, 1.54) is 12.0 Å². The minimum absolute atomic E-state index is 0.00875. The van der Waals surface area contributed by atoms with E-state index in [0.29, 0.717) is 30.1 Å². The fourth-order valence-corrected chi connectivity index (χ4v) is 5.53. The number of benzene rings is 2. The normalized spacial score (nSPS) is 21.7. The summed E-state index contributed by atoms with van der Waals surface area (Å²) >= 11 is 0. The van der Waals surface area contributed by atoms with E-state index in [2.05, 4.69) is 33.3 Å². The Bertz CT molecular complexity index is 1360. The number of hydrogen-bond acceptors (Lipinski definition) is 3. The molecule has 2 aliphatic rings. The molecule has 33 heavy (non-hydrogen) atoms. The minimum atomic E-state index is -0.0374. The van der Waals surface area contributed by atoms with Crippen LogP contribution in [0.2, 0.25) is 0 Å². The molecule has 6 rings (SSSR count). The molecule has 3 N–H and O–H groups in total. The summed E-state index contributed by atoms with van der Waals surface area (Å²) in [6.45, 7) is 2.48. The van der Waals surface area contributed by atoms with Gasteiger partial charge in [0.2, 0.25) is 0 Å². The molecule has 0 spiro atoms. The lowest BCUT2D eigenvalue weighted by atomic mass is 9.99. The zero-order valence-corrected chi connectivity index (χ0v) is 18.8. The third-order valence-electron chi connectivity index (χ3n) is 7.52. The van der Waals surface area contributed by atoms with Crippen molar-refractivity contribution in [3.05, 3.63) is 70.3 Å². The monoisotopic (exact) mass is 443 g/mol. The number of para-hydroxylation sites is 2. The lowest BCUT2D eigenvalue weighted by Gasteiger charge is -2.32. The molecule has 3 atom stereocenters. The number of carbonyl (C=O) groups is 1. The van der Waals surface area contributed by atoms with Gasteiger partial charge in [-0.25, -0.2) is 4.79 Å². The second-order valence-electron chi connectivity index (χ2n) is 9.72. The molecule has 7 heteroatoms. The van der Waals surface area contributed by atoms with Gasteiger partial charge in [0.25, 0.3) is 5.91 Å². The number of H-pyrrole nitrogens is 2. The number of likely N-dealkylation sites (N-methyl/N-ethyl adjacent to an activating group) is 1. The number of rotatable bonds is 7. The Hall–Kier alpha value is -3.32. The van der Waals surface area contributed by atoms with Gasteiger partial charge in [-0.1, -0.05) is 30.3 Å². The molecule has 0 radical (unpaired) electrons. The molecule has 1 fully saturated rings. The molecule has 3 heterocycles. The molecular weight excluding hydrogens is 414 g/mol. The fraction of sp³-hybridized carbons (Fsp3) is 0.385. The Balaban J connectivity index is 0.997. The number of aromatic nitrogens is 3. The molecule has 2 aromatic heterocycles. The summed E-state index contributed by atoms with van der Waals surface area (Å²) in [6.07, 6.45) is 3.20. The molecule has 1 saturated carbocycles. The zero-order valence-electron chi connectivity index (χ0n) is 18.8. The quantitative estimate of drug-likeness (QED) is 0.410. The van der Waals surface area contributed by atoms with Crippen LogP contribution >= 0.6 is 0 Å². The van der Waals surface area contributed by atoms with Crippen LogP contribution in [0.25, 0.3) is 21.9 Å². The number of carbonyl (C=O) groups excluding carboxylic acids is 1. The predicted molar refractivity (Wildman–Crippen MR) is 130 cm³/mol. The van der Waals surface area contributed by atoms with Crippen LogP contribution in [0.1, 0.15) is 28.9 Å². The van der Waals surface area contributed by atoms with E-state index in [4.69, 9.17) is 0 Å². The molecule has 7 nitrogen and oxygen atoms in total. The topological polar surface area (TPSA) is 85.9 Å². The molecule has 2 aromatic carbocycles. The maximum absolute atomic E-state index is 12.5. The van der Waals surface area contributed by atoms with Crippen molar-refractivity contribution in [1.29, 1.82) is 0 Å². The number of imidazole rings is 1. The molecule has 170 valence electrons. The van der Waals surface area contributed by atoms with Crippen LogP contribution in [0.15, 0.2) is 53.3 Å². The summed E-state index contributed by atoms with van der Waals surface area (Å²) in [7, 11) is 2.18. The van der Waals surface area contributed by atoms with Gasteiger partial charge in [-0.05, 0) is 61.9 Å². The summed E-state index contributed by atoms with van der Waals surface area (Å²) in [5, 5.41) is 4.13. The highest BCUT2D eigenvalue weighted by Gasteiger charge is 2.38. The standard InChI is InChI=1S/C26H29N5O2/c1-30(20-12-18-6-4-8-22-24(18)31(15-20)26(33)29-22)14-19-11-16(19)9-10-27-25(32)23-13-17-5-2-3-7-21(17)28-23/h2-8,13,16,19-20,28H,9-12,14-15H2,1H3,(H,27,32)(H,29,33)/t16-,19+,20-/m1/s1. The molecule has 1 aliphatic carbocycles. The zero-order chi connectivity index (χ0) is 22.5. The summed E-state index contributed by atoms with van der Waals surface area (Å²) in [5.41, 5.74) is 4.86. The van der Waals surface area contributed by atoms with E-state index >= 15 is 0 Å². The maximum atomic E-state index is 12.5. The Morgan fingerprint density at radius 1 is 1.12 bits per heavy atom. The highest BCUT2D eigenvalue weighted by Crippen LogP contribution is 2.42. The SMILES string of the molecule is CN(C[C@@H]1C[C@H]1CCNC(=O)c1cc2ccccc2[nH]1)[C@@H]1Cc2cccc3[nH]c(=O)n(c23)C1. The first-order valence-corrected chi connectivity index (χ1v) is 11.8. The molecule has 1 amide bonds. The summed E-state index contributed by atoms with van der Waals surface area (Å²) in [4.78, 5) is 33.5. The van der Waals surface area contributed by atoms with Crippen molar-refractivity contribution in [2.75, 3.05) is 20.1 Å². The smallest absolute Gasteiger partial charge is 0.326 e. The summed E-state index contributed by atoms with van der Waals surface area (Å²) < 4.78 is 1.90. The Morgan fingerprint density at radius 3 is 2.85 bits per heavy atom. The van der Waals surface area contributed by atoms with Gasteiger partial charge < -0.3 is 20.2 Å². The average molecular weight is 444 g/mol. The molecule has 0 unspecified atom stereocenters. The fourth-order valence-electron chi connectivity index (χ4n) is 5.53. The van der Waals surface area contributed by atoms with E-state index in [0.717, 1.165) is 47.9 Å². The first-order chi connectivity index (χ1) is 16.1. The highest BCUT2D eigenvalue weighted by molar-refractivity contribution is 5.97. The second-order valence-corrected chi connectivity index (χ2v) is 9.72. The predicted octanol–water partition coefficient (Wildman–Crippen LogP) is 3.12. The van der Waals surface area contributed by atoms with Crippen LogP contribution in [-0.4, -0.2) is 51.5 Å². The average Bonchev–Trinajstić information content (AvgIpc) is 3.25. The van der Waals surface area contributed by atoms with E-state index in [1.54, 1.807) is 0 Å². The van der Waals surface area contributed by atoms with Crippen molar-refractivity contribution < 1.29 is 4.79 Å². The highest BCUT2D eigenvalue weighted by atomic mass is 16.2. The van der Waals surface area contributed by atoms with E-state index in [1.807, 2.05) is 47.0 Å². The Kier molecular flexibility index (Phi) is 4.87. The van der Waals surface area contributed by atoms with E-state index < -0.39 is 0 Å². The van der Waals surface area contributed by atoms with Crippen molar-refractivity contribution in [3.8, 4) is 0 Å². The summed E-state index contributed by atoms with van der Waals surface area (Å²) in [6, 6.07) is 16.3. The van der Waals surface area contributed by atoms with Crippen molar-refractivity contribution in [3.63, 3.8) is 0 Å². The van der Waals surface area contributed by atoms with Crippen molar-refractivity contribution in [1.82, 2.24) is 24.8 Å². The molecule has 0 bridgehead atoms. The number of aromatic amines is 2. The van der Waals surface area contributed by atoms with Crippen molar-refractivity contribution in [2.24, 2.45) is 11.8 Å². The first kappa shape index (κ1) is 20.3. The Morgan fingerprint density at radius 2 is 1.97 bits per heavy atom. The van der Waals surface area contributed by atoms with Gasteiger partial charge in [-0.3, -0.25) is 9.36 Å². The number of fused-ring (bicyclic) bond motifs is 1. The molecule has 1 aliphatic heterocycles.